The van der Waals surface area contributed by atoms with Gasteiger partial charge in [-0.15, -0.1) is 0 Å². The number of fused-ring (bicyclic) bond motifs is 1. The molecule has 0 saturated heterocycles. The van der Waals surface area contributed by atoms with Crippen LogP contribution >= 0.6 is 0 Å². The number of nitrogens with one attached hydrogen (secondary N) is 2. The minimum absolute atomic E-state index is 0.0266. The molecule has 0 unspecified atom stereocenters. The number of hydrogen-bond donors (Lipinski definition) is 2. The van der Waals surface area contributed by atoms with E-state index in [2.05, 4.69) is 10.3 Å². The second kappa shape index (κ2) is 8.03. The van der Waals surface area contributed by atoms with Crippen LogP contribution in [0.3, 0.4) is 0 Å². The number of amides is 2. The first-order valence-electron chi connectivity index (χ1n) is 8.41. The van der Waals surface area contributed by atoms with Crippen LogP contribution in [0.15, 0.2) is 15.7 Å². The van der Waals surface area contributed by atoms with Crippen molar-refractivity contribution in [1.82, 2.24) is 19.8 Å². The Hall–Kier alpha value is -3.50. The molecule has 28 heavy (non-hydrogen) atoms. The van der Waals surface area contributed by atoms with Crippen molar-refractivity contribution in [3.8, 4) is 0 Å². The molecular weight excluding hydrogens is 370 g/mol. The van der Waals surface area contributed by atoms with Crippen molar-refractivity contribution in [2.45, 2.75) is 26.3 Å². The predicted molar refractivity (Wildman–Crippen MR) is 101 cm³/mol. The topological polar surface area (TPSA) is 147 Å². The molecule has 2 aromatic rings. The van der Waals surface area contributed by atoms with Crippen molar-refractivity contribution in [3.05, 3.63) is 48.0 Å². The zero-order chi connectivity index (χ0) is 21.2. The van der Waals surface area contributed by atoms with E-state index < -0.39 is 21.9 Å². The number of nitrogens with zero attached hydrogens (tertiary/aromatic N) is 3. The Morgan fingerprint density at radius 3 is 2.50 bits per heavy atom. The van der Waals surface area contributed by atoms with Crippen LogP contribution in [0.2, 0.25) is 0 Å². The molecule has 0 aliphatic rings. The standard InChI is InChI=1S/C17H21N5O6/c1-9-10(8-18-13(23)5-6-14(24)20(2)3)15-12(7-11(9)22(27)28)21(4)17(26)16(25)19-15/h7H,5-6,8H2,1-4H3,(H,18,23)(H,19,25). The first kappa shape index (κ1) is 20.8. The Morgan fingerprint density at radius 2 is 1.93 bits per heavy atom. The molecule has 0 spiro atoms. The van der Waals surface area contributed by atoms with E-state index in [1.165, 1.54) is 24.9 Å². The summed E-state index contributed by atoms with van der Waals surface area (Å²) in [5.41, 5.74) is -0.953. The Morgan fingerprint density at radius 1 is 1.29 bits per heavy atom. The molecule has 0 fully saturated rings. The van der Waals surface area contributed by atoms with E-state index in [0.29, 0.717) is 5.56 Å². The lowest BCUT2D eigenvalue weighted by molar-refractivity contribution is -0.385. The number of rotatable bonds is 6. The van der Waals surface area contributed by atoms with Crippen LogP contribution in [0.25, 0.3) is 11.0 Å². The van der Waals surface area contributed by atoms with Crippen molar-refractivity contribution in [1.29, 1.82) is 0 Å². The molecule has 1 heterocycles. The number of aromatic nitrogens is 2. The average molecular weight is 391 g/mol. The maximum atomic E-state index is 12.1. The Labute approximate surface area is 159 Å². The van der Waals surface area contributed by atoms with Gasteiger partial charge in [0, 0.05) is 57.7 Å². The molecule has 0 atom stereocenters. The van der Waals surface area contributed by atoms with E-state index in [1.54, 1.807) is 14.1 Å². The highest BCUT2D eigenvalue weighted by Crippen LogP contribution is 2.28. The Balaban J connectivity index is 2.42. The number of aryl methyl sites for hydroxylation is 1. The first-order chi connectivity index (χ1) is 13.0. The number of nitro groups is 1. The number of H-pyrrole nitrogens is 1. The number of carbonyl (C=O) groups is 2. The molecule has 0 aliphatic heterocycles. The smallest absolute Gasteiger partial charge is 0.316 e. The average Bonchev–Trinajstić information content (AvgIpc) is 2.62. The molecule has 1 aromatic carbocycles. The zero-order valence-electron chi connectivity index (χ0n) is 16.0. The van der Waals surface area contributed by atoms with Crippen LogP contribution in [-0.2, 0) is 23.2 Å². The molecule has 2 N–H and O–H groups in total. The van der Waals surface area contributed by atoms with Crippen LogP contribution in [0.4, 0.5) is 5.69 Å². The highest BCUT2D eigenvalue weighted by Gasteiger charge is 2.21. The molecule has 11 nitrogen and oxygen atoms in total. The van der Waals surface area contributed by atoms with Crippen molar-refractivity contribution in [2.24, 2.45) is 7.05 Å². The lowest BCUT2D eigenvalue weighted by atomic mass is 10.0. The van der Waals surface area contributed by atoms with Crippen LogP contribution in [0.1, 0.15) is 24.0 Å². The van der Waals surface area contributed by atoms with E-state index >= 15 is 0 Å². The summed E-state index contributed by atoms with van der Waals surface area (Å²) in [6.07, 6.45) is -0.0171. The second-order valence-electron chi connectivity index (χ2n) is 6.53. The lowest BCUT2D eigenvalue weighted by Crippen LogP contribution is -2.35. The first-order valence-corrected chi connectivity index (χ1v) is 8.41. The van der Waals surface area contributed by atoms with Gasteiger partial charge in [0.1, 0.15) is 0 Å². The fourth-order valence-electron chi connectivity index (χ4n) is 2.77. The predicted octanol–water partition coefficient (Wildman–Crippen LogP) is -0.0720. The van der Waals surface area contributed by atoms with Crippen molar-refractivity contribution >= 4 is 28.5 Å². The summed E-state index contributed by atoms with van der Waals surface area (Å²) < 4.78 is 1.03. The highest BCUT2D eigenvalue weighted by molar-refractivity contribution is 5.85. The normalized spacial score (nSPS) is 10.7. The summed E-state index contributed by atoms with van der Waals surface area (Å²) >= 11 is 0. The minimum atomic E-state index is -0.868. The van der Waals surface area contributed by atoms with Crippen molar-refractivity contribution in [2.75, 3.05) is 14.1 Å². The molecule has 150 valence electrons. The molecule has 11 heteroatoms. The van der Waals surface area contributed by atoms with Gasteiger partial charge in [0.15, 0.2) is 0 Å². The Kier molecular flexibility index (Phi) is 5.96. The Bertz CT molecular complexity index is 1080. The largest absolute Gasteiger partial charge is 0.352 e. The fraction of sp³-hybridized carbons (Fsp3) is 0.412. The number of nitro benzene ring substituents is 1. The molecule has 0 bridgehead atoms. The minimum Gasteiger partial charge on any atom is -0.352 e. The van der Waals surface area contributed by atoms with Gasteiger partial charge in [0.25, 0.3) is 5.69 Å². The second-order valence-corrected chi connectivity index (χ2v) is 6.53. The number of carbonyl (C=O) groups excluding carboxylic acids is 2. The van der Waals surface area contributed by atoms with E-state index in [0.717, 1.165) is 4.57 Å². The van der Waals surface area contributed by atoms with Gasteiger partial charge in [-0.1, -0.05) is 0 Å². The van der Waals surface area contributed by atoms with Gasteiger partial charge in [-0.25, -0.2) is 0 Å². The van der Waals surface area contributed by atoms with Crippen LogP contribution in [-0.4, -0.2) is 45.3 Å². The van der Waals surface area contributed by atoms with E-state index in [1.807, 2.05) is 0 Å². The molecule has 0 saturated carbocycles. The number of hydrogen-bond acceptors (Lipinski definition) is 6. The van der Waals surface area contributed by atoms with Crippen LogP contribution in [0.5, 0.6) is 0 Å². The number of benzene rings is 1. The quantitative estimate of drug-likeness (QED) is 0.400. The molecule has 0 radical (unpaired) electrons. The van der Waals surface area contributed by atoms with Gasteiger partial charge in [-0.2, -0.15) is 0 Å². The molecular formula is C17H21N5O6. The maximum Gasteiger partial charge on any atom is 0.316 e. The fourth-order valence-corrected chi connectivity index (χ4v) is 2.77. The van der Waals surface area contributed by atoms with E-state index in [-0.39, 0.29) is 47.6 Å². The molecule has 0 aliphatic carbocycles. The zero-order valence-corrected chi connectivity index (χ0v) is 16.0. The third-order valence-electron chi connectivity index (χ3n) is 4.49. The number of aromatic amines is 1. The van der Waals surface area contributed by atoms with E-state index in [4.69, 9.17) is 0 Å². The van der Waals surface area contributed by atoms with Gasteiger partial charge in [0.2, 0.25) is 11.8 Å². The summed E-state index contributed by atoms with van der Waals surface area (Å²) in [5, 5.41) is 14.0. The van der Waals surface area contributed by atoms with Gasteiger partial charge in [-0.3, -0.25) is 29.3 Å². The highest BCUT2D eigenvalue weighted by atomic mass is 16.6. The van der Waals surface area contributed by atoms with Gasteiger partial charge in [0.05, 0.1) is 16.0 Å². The van der Waals surface area contributed by atoms with Gasteiger partial charge >= 0.3 is 11.1 Å². The van der Waals surface area contributed by atoms with Gasteiger partial charge in [-0.05, 0) is 6.92 Å². The maximum absolute atomic E-state index is 12.1. The van der Waals surface area contributed by atoms with Gasteiger partial charge < -0.3 is 19.8 Å². The molecule has 1 aromatic heterocycles. The monoisotopic (exact) mass is 391 g/mol. The van der Waals surface area contributed by atoms with Crippen LogP contribution < -0.4 is 16.4 Å². The third-order valence-corrected chi connectivity index (χ3v) is 4.49. The molecule has 2 amide bonds. The summed E-state index contributed by atoms with van der Waals surface area (Å²) in [4.78, 5) is 62.0. The van der Waals surface area contributed by atoms with Crippen molar-refractivity contribution in [3.63, 3.8) is 0 Å². The summed E-state index contributed by atoms with van der Waals surface area (Å²) in [7, 11) is 4.51. The van der Waals surface area contributed by atoms with E-state index in [9.17, 15) is 29.3 Å². The summed E-state index contributed by atoms with van der Waals surface area (Å²) in [6, 6.07) is 1.21. The SMILES string of the molecule is Cc1c([N+](=O)[O-])cc2c([nH]c(=O)c(=O)n2C)c1CNC(=O)CCC(=O)N(C)C. The van der Waals surface area contributed by atoms with Crippen LogP contribution in [0, 0.1) is 17.0 Å². The summed E-state index contributed by atoms with van der Waals surface area (Å²) in [6.45, 7) is 1.39. The summed E-state index contributed by atoms with van der Waals surface area (Å²) in [5.74, 6) is -0.618. The van der Waals surface area contributed by atoms with Crippen molar-refractivity contribution < 1.29 is 14.5 Å². The third kappa shape index (κ3) is 4.08. The molecule has 2 rings (SSSR count). The lowest BCUT2D eigenvalue weighted by Gasteiger charge is -2.14.